The van der Waals surface area contributed by atoms with E-state index in [9.17, 15) is 9.18 Å². The van der Waals surface area contributed by atoms with Crippen molar-refractivity contribution in [3.63, 3.8) is 0 Å². The summed E-state index contributed by atoms with van der Waals surface area (Å²) in [6, 6.07) is 8.36. The quantitative estimate of drug-likeness (QED) is 0.606. The zero-order valence-electron chi connectivity index (χ0n) is 13.2. The van der Waals surface area contributed by atoms with Crippen molar-refractivity contribution in [3.8, 4) is 5.75 Å². The van der Waals surface area contributed by atoms with E-state index in [1.165, 1.54) is 30.9 Å². The van der Waals surface area contributed by atoms with Crippen LogP contribution in [0.15, 0.2) is 36.4 Å². The summed E-state index contributed by atoms with van der Waals surface area (Å²) in [6.07, 6.45) is 3.26. The first kappa shape index (κ1) is 16.0. The molecule has 0 aliphatic carbocycles. The number of hydrogen-bond donors (Lipinski definition) is 0. The highest BCUT2D eigenvalue weighted by atomic mass is 19.1. The van der Waals surface area contributed by atoms with E-state index in [1.807, 2.05) is 20.8 Å². The molecule has 0 unspecified atom stereocenters. The second-order valence-electron chi connectivity index (χ2n) is 5.36. The molecule has 0 saturated heterocycles. The SMILES string of the molecule is COc1ccc(C(=O)/C=C/c2c(C)cc(C)cc2C)cc1F. The third-order valence-electron chi connectivity index (χ3n) is 3.58. The number of carbonyl (C=O) groups excluding carboxylic acids is 1. The number of ketones is 1. The molecule has 0 saturated carbocycles. The number of benzene rings is 2. The predicted molar refractivity (Wildman–Crippen MR) is 87.0 cm³/mol. The van der Waals surface area contributed by atoms with Crippen molar-refractivity contribution in [2.24, 2.45) is 0 Å². The monoisotopic (exact) mass is 298 g/mol. The van der Waals surface area contributed by atoms with Crippen LogP contribution in [-0.2, 0) is 0 Å². The minimum absolute atomic E-state index is 0.130. The van der Waals surface area contributed by atoms with Crippen molar-refractivity contribution in [1.82, 2.24) is 0 Å². The molecular weight excluding hydrogens is 279 g/mol. The highest BCUT2D eigenvalue weighted by molar-refractivity contribution is 6.07. The second kappa shape index (κ2) is 6.56. The number of allylic oxidation sites excluding steroid dienone is 1. The first-order chi connectivity index (χ1) is 10.4. The van der Waals surface area contributed by atoms with Gasteiger partial charge in [-0.05, 0) is 61.7 Å². The lowest BCUT2D eigenvalue weighted by molar-refractivity contribution is 0.104. The van der Waals surface area contributed by atoms with E-state index in [1.54, 1.807) is 12.1 Å². The van der Waals surface area contributed by atoms with Gasteiger partial charge in [-0.3, -0.25) is 4.79 Å². The van der Waals surface area contributed by atoms with Crippen LogP contribution in [0.25, 0.3) is 6.08 Å². The molecule has 0 bridgehead atoms. The van der Waals surface area contributed by atoms with E-state index in [-0.39, 0.29) is 11.5 Å². The molecule has 3 heteroatoms. The molecule has 0 atom stereocenters. The van der Waals surface area contributed by atoms with Gasteiger partial charge >= 0.3 is 0 Å². The fourth-order valence-electron chi connectivity index (χ4n) is 2.53. The Balaban J connectivity index is 2.27. The average Bonchev–Trinajstić information content (AvgIpc) is 2.45. The zero-order valence-corrected chi connectivity index (χ0v) is 13.2. The maximum absolute atomic E-state index is 13.6. The van der Waals surface area contributed by atoms with Crippen molar-refractivity contribution in [3.05, 3.63) is 70.0 Å². The van der Waals surface area contributed by atoms with Gasteiger partial charge in [0.1, 0.15) is 0 Å². The van der Waals surface area contributed by atoms with Crippen molar-refractivity contribution in [2.75, 3.05) is 7.11 Å². The molecule has 0 aliphatic rings. The molecule has 0 amide bonds. The average molecular weight is 298 g/mol. The van der Waals surface area contributed by atoms with Crippen LogP contribution in [0.1, 0.15) is 32.6 Å². The van der Waals surface area contributed by atoms with Gasteiger partial charge in [-0.1, -0.05) is 23.8 Å². The lowest BCUT2D eigenvalue weighted by Gasteiger charge is -2.07. The largest absolute Gasteiger partial charge is 0.494 e. The van der Waals surface area contributed by atoms with E-state index in [0.717, 1.165) is 16.7 Å². The Morgan fingerprint density at radius 3 is 2.27 bits per heavy atom. The normalized spacial score (nSPS) is 11.0. The summed E-state index contributed by atoms with van der Waals surface area (Å²) in [4.78, 5) is 12.2. The summed E-state index contributed by atoms with van der Waals surface area (Å²) >= 11 is 0. The standard InChI is InChI=1S/C19H19FO2/c1-12-9-13(2)16(14(3)10-12)6-7-18(21)15-5-8-19(22-4)17(20)11-15/h5-11H,1-4H3/b7-6+. The van der Waals surface area contributed by atoms with E-state index in [0.29, 0.717) is 5.56 Å². The first-order valence-electron chi connectivity index (χ1n) is 7.06. The van der Waals surface area contributed by atoms with Crippen LogP contribution in [0.2, 0.25) is 0 Å². The van der Waals surface area contributed by atoms with E-state index < -0.39 is 5.82 Å². The number of methoxy groups -OCH3 is 1. The zero-order chi connectivity index (χ0) is 16.3. The molecule has 0 aromatic heterocycles. The van der Waals surface area contributed by atoms with Crippen LogP contribution in [0.3, 0.4) is 0 Å². The lowest BCUT2D eigenvalue weighted by Crippen LogP contribution is -1.97. The van der Waals surface area contributed by atoms with E-state index >= 15 is 0 Å². The van der Waals surface area contributed by atoms with Gasteiger partial charge in [0.25, 0.3) is 0 Å². The topological polar surface area (TPSA) is 26.3 Å². The third-order valence-corrected chi connectivity index (χ3v) is 3.58. The molecule has 0 radical (unpaired) electrons. The Morgan fingerprint density at radius 1 is 1.09 bits per heavy atom. The maximum Gasteiger partial charge on any atom is 0.185 e. The Hall–Kier alpha value is -2.42. The number of rotatable bonds is 4. The summed E-state index contributed by atoms with van der Waals surface area (Å²) in [7, 11) is 1.39. The van der Waals surface area contributed by atoms with Gasteiger partial charge in [0, 0.05) is 5.56 Å². The van der Waals surface area contributed by atoms with Crippen molar-refractivity contribution in [2.45, 2.75) is 20.8 Å². The van der Waals surface area contributed by atoms with Crippen molar-refractivity contribution in [1.29, 1.82) is 0 Å². The van der Waals surface area contributed by atoms with Crippen LogP contribution < -0.4 is 4.74 Å². The fraction of sp³-hybridized carbons (Fsp3) is 0.211. The number of hydrogen-bond acceptors (Lipinski definition) is 2. The van der Waals surface area contributed by atoms with Gasteiger partial charge < -0.3 is 4.74 Å². The smallest absolute Gasteiger partial charge is 0.185 e. The van der Waals surface area contributed by atoms with Gasteiger partial charge in [0.05, 0.1) is 7.11 Å². The Labute approximate surface area is 130 Å². The molecular formula is C19H19FO2. The molecule has 114 valence electrons. The lowest BCUT2D eigenvalue weighted by atomic mass is 9.98. The van der Waals surface area contributed by atoms with Crippen LogP contribution in [0.4, 0.5) is 4.39 Å². The van der Waals surface area contributed by atoms with Gasteiger partial charge in [0.2, 0.25) is 0 Å². The van der Waals surface area contributed by atoms with Crippen molar-refractivity contribution >= 4 is 11.9 Å². The fourth-order valence-corrected chi connectivity index (χ4v) is 2.53. The van der Waals surface area contributed by atoms with Gasteiger partial charge in [-0.25, -0.2) is 4.39 Å². The Kier molecular flexibility index (Phi) is 4.76. The van der Waals surface area contributed by atoms with Gasteiger partial charge in [-0.15, -0.1) is 0 Å². The Bertz CT molecular complexity index is 722. The molecule has 2 aromatic carbocycles. The highest BCUT2D eigenvalue weighted by Gasteiger charge is 2.08. The molecule has 22 heavy (non-hydrogen) atoms. The van der Waals surface area contributed by atoms with E-state index in [4.69, 9.17) is 4.74 Å². The van der Waals surface area contributed by atoms with Crippen molar-refractivity contribution < 1.29 is 13.9 Å². The summed E-state index contributed by atoms with van der Waals surface area (Å²) in [5.74, 6) is -0.642. The maximum atomic E-state index is 13.6. The van der Waals surface area contributed by atoms with E-state index in [2.05, 4.69) is 12.1 Å². The minimum Gasteiger partial charge on any atom is -0.494 e. The molecule has 0 N–H and O–H groups in total. The molecule has 0 heterocycles. The van der Waals surface area contributed by atoms with Gasteiger partial charge in [-0.2, -0.15) is 0 Å². The Morgan fingerprint density at radius 2 is 1.73 bits per heavy atom. The highest BCUT2D eigenvalue weighted by Crippen LogP contribution is 2.20. The molecule has 2 rings (SSSR count). The van der Waals surface area contributed by atoms with Crippen LogP contribution in [0.5, 0.6) is 5.75 Å². The third kappa shape index (κ3) is 3.42. The molecule has 2 aromatic rings. The van der Waals surface area contributed by atoms with Gasteiger partial charge in [0.15, 0.2) is 17.3 Å². The molecule has 0 aliphatic heterocycles. The van der Waals surface area contributed by atoms with Crippen LogP contribution in [-0.4, -0.2) is 12.9 Å². The summed E-state index contributed by atoms with van der Waals surface area (Å²) < 4.78 is 18.5. The predicted octanol–water partition coefficient (Wildman–Crippen LogP) is 4.66. The molecule has 0 spiro atoms. The summed E-state index contributed by atoms with van der Waals surface area (Å²) in [5.41, 5.74) is 4.74. The molecule has 2 nitrogen and oxygen atoms in total. The number of carbonyl (C=O) groups is 1. The summed E-state index contributed by atoms with van der Waals surface area (Å²) in [6.45, 7) is 6.06. The first-order valence-corrected chi connectivity index (χ1v) is 7.06. The number of halogens is 1. The summed E-state index contributed by atoms with van der Waals surface area (Å²) in [5, 5.41) is 0. The number of aryl methyl sites for hydroxylation is 3. The second-order valence-corrected chi connectivity index (χ2v) is 5.36. The minimum atomic E-state index is -0.538. The molecule has 0 fully saturated rings. The van der Waals surface area contributed by atoms with Crippen LogP contribution in [0, 0.1) is 26.6 Å². The van der Waals surface area contributed by atoms with Crippen LogP contribution >= 0.6 is 0 Å². The number of ether oxygens (including phenoxy) is 1.